The highest BCUT2D eigenvalue weighted by atomic mass is 35.5. The first-order chi connectivity index (χ1) is 12.1. The second-order valence-electron chi connectivity index (χ2n) is 6.93. The quantitative estimate of drug-likeness (QED) is 0.766. The van der Waals surface area contributed by atoms with E-state index >= 15 is 0 Å². The van der Waals surface area contributed by atoms with Crippen molar-refractivity contribution in [2.24, 2.45) is 11.8 Å². The molecule has 6 nitrogen and oxygen atoms in total. The number of esters is 1. The summed E-state index contributed by atoms with van der Waals surface area (Å²) in [5.74, 6) is -0.307. The highest BCUT2D eigenvalue weighted by Gasteiger charge is 2.28. The zero-order valence-electron chi connectivity index (χ0n) is 15.1. The van der Waals surface area contributed by atoms with E-state index in [4.69, 9.17) is 16.3 Å². The van der Waals surface area contributed by atoms with Crippen LogP contribution in [0.4, 0.5) is 0 Å². The van der Waals surface area contributed by atoms with Crippen LogP contribution < -0.4 is 5.32 Å². The molecular weight excluding hydrogens is 378 g/mol. The molecule has 3 atom stereocenters. The second-order valence-corrected chi connectivity index (χ2v) is 9.35. The summed E-state index contributed by atoms with van der Waals surface area (Å²) in [6.07, 6.45) is 4.15. The maximum Gasteiger partial charge on any atom is 0.340 e. The van der Waals surface area contributed by atoms with Crippen molar-refractivity contribution in [3.8, 4) is 0 Å². The van der Waals surface area contributed by atoms with Crippen molar-refractivity contribution in [2.75, 3.05) is 12.9 Å². The molecule has 8 heteroatoms. The van der Waals surface area contributed by atoms with Crippen LogP contribution in [0.25, 0.3) is 0 Å². The average Bonchev–Trinajstić information content (AvgIpc) is 2.56. The first-order valence-electron chi connectivity index (χ1n) is 8.55. The molecule has 144 valence electrons. The molecule has 0 bridgehead atoms. The lowest BCUT2D eigenvalue weighted by Gasteiger charge is -2.34. The van der Waals surface area contributed by atoms with Gasteiger partial charge in [0.15, 0.2) is 16.4 Å². The summed E-state index contributed by atoms with van der Waals surface area (Å²) in [5, 5.41) is 2.98. The number of sulfone groups is 1. The van der Waals surface area contributed by atoms with E-state index in [1.54, 1.807) is 0 Å². The molecule has 1 amide bonds. The minimum atomic E-state index is -3.48. The van der Waals surface area contributed by atoms with Crippen molar-refractivity contribution in [2.45, 2.75) is 44.0 Å². The van der Waals surface area contributed by atoms with Gasteiger partial charge in [0.1, 0.15) is 0 Å². The van der Waals surface area contributed by atoms with Gasteiger partial charge in [0, 0.05) is 12.3 Å². The molecule has 1 aromatic carbocycles. The third-order valence-corrected chi connectivity index (χ3v) is 6.41. The minimum absolute atomic E-state index is 0.0386. The molecule has 2 rings (SSSR count). The summed E-state index contributed by atoms with van der Waals surface area (Å²) in [6.45, 7) is 3.84. The molecule has 1 N–H and O–H groups in total. The Kier molecular flexibility index (Phi) is 6.69. The Balaban J connectivity index is 1.97. The van der Waals surface area contributed by atoms with Gasteiger partial charge in [-0.05, 0) is 36.5 Å². The van der Waals surface area contributed by atoms with Crippen molar-refractivity contribution in [1.29, 1.82) is 0 Å². The van der Waals surface area contributed by atoms with Gasteiger partial charge in [0.25, 0.3) is 5.91 Å². The minimum Gasteiger partial charge on any atom is -0.452 e. The van der Waals surface area contributed by atoms with Crippen LogP contribution in [0.2, 0.25) is 5.02 Å². The number of carbonyl (C=O) groups excluding carboxylic acids is 2. The third kappa shape index (κ3) is 5.20. The normalized spacial score (nSPS) is 23.3. The molecule has 26 heavy (non-hydrogen) atoms. The zero-order chi connectivity index (χ0) is 19.5. The van der Waals surface area contributed by atoms with Crippen LogP contribution in [0.3, 0.4) is 0 Å². The molecule has 1 aromatic rings. The number of rotatable bonds is 5. The van der Waals surface area contributed by atoms with Crippen molar-refractivity contribution >= 4 is 33.3 Å². The van der Waals surface area contributed by atoms with Gasteiger partial charge in [0.05, 0.1) is 15.5 Å². The van der Waals surface area contributed by atoms with Crippen LogP contribution >= 0.6 is 11.6 Å². The molecule has 1 aliphatic carbocycles. The van der Waals surface area contributed by atoms with Gasteiger partial charge in [-0.1, -0.05) is 38.3 Å². The fourth-order valence-corrected chi connectivity index (χ4v) is 3.98. The molecule has 1 aliphatic rings. The van der Waals surface area contributed by atoms with Gasteiger partial charge in [-0.3, -0.25) is 4.79 Å². The number of nitrogens with one attached hydrogen (secondary N) is 1. The van der Waals surface area contributed by atoms with E-state index in [1.165, 1.54) is 12.1 Å². The Bertz CT molecular complexity index is 793. The van der Waals surface area contributed by atoms with Crippen molar-refractivity contribution in [3.05, 3.63) is 28.8 Å². The number of ether oxygens (including phenoxy) is 1. The molecule has 0 radical (unpaired) electrons. The summed E-state index contributed by atoms with van der Waals surface area (Å²) in [6, 6.07) is 3.86. The van der Waals surface area contributed by atoms with Gasteiger partial charge in [-0.25, -0.2) is 13.2 Å². The summed E-state index contributed by atoms with van der Waals surface area (Å²) in [5.41, 5.74) is -0.0814. The number of hydrogen-bond donors (Lipinski definition) is 1. The van der Waals surface area contributed by atoms with Crippen molar-refractivity contribution in [3.63, 3.8) is 0 Å². The maximum absolute atomic E-state index is 12.2. The Labute approximate surface area is 159 Å². The number of halogens is 1. The third-order valence-electron chi connectivity index (χ3n) is 4.97. The summed E-state index contributed by atoms with van der Waals surface area (Å²) in [4.78, 5) is 24.2. The number of hydrogen-bond acceptors (Lipinski definition) is 5. The lowest BCUT2D eigenvalue weighted by molar-refractivity contribution is -0.125. The lowest BCUT2D eigenvalue weighted by atomic mass is 9.78. The van der Waals surface area contributed by atoms with Crippen molar-refractivity contribution in [1.82, 2.24) is 5.32 Å². The summed E-state index contributed by atoms with van der Waals surface area (Å²) >= 11 is 5.95. The Morgan fingerprint density at radius 1 is 1.27 bits per heavy atom. The predicted octanol–water partition coefficient (Wildman–Crippen LogP) is 2.84. The van der Waals surface area contributed by atoms with E-state index in [0.29, 0.717) is 11.8 Å². The Morgan fingerprint density at radius 3 is 2.62 bits per heavy atom. The van der Waals surface area contributed by atoms with E-state index in [9.17, 15) is 18.0 Å². The fourth-order valence-electron chi connectivity index (χ4n) is 3.13. The zero-order valence-corrected chi connectivity index (χ0v) is 16.7. The molecule has 1 saturated carbocycles. The molecule has 0 heterocycles. The predicted molar refractivity (Wildman–Crippen MR) is 99.0 cm³/mol. The molecular formula is C18H24ClNO5S. The van der Waals surface area contributed by atoms with E-state index in [0.717, 1.165) is 31.6 Å². The van der Waals surface area contributed by atoms with E-state index in [2.05, 4.69) is 19.2 Å². The molecule has 0 aliphatic heterocycles. The highest BCUT2D eigenvalue weighted by molar-refractivity contribution is 7.90. The van der Waals surface area contributed by atoms with Crippen LogP contribution in [0.5, 0.6) is 0 Å². The van der Waals surface area contributed by atoms with Crippen LogP contribution in [0, 0.1) is 11.8 Å². The topological polar surface area (TPSA) is 89.5 Å². The van der Waals surface area contributed by atoms with Gasteiger partial charge in [0.2, 0.25) is 0 Å². The Hall–Kier alpha value is -1.60. The summed E-state index contributed by atoms with van der Waals surface area (Å²) < 4.78 is 28.2. The fraction of sp³-hybridized carbons (Fsp3) is 0.556. The summed E-state index contributed by atoms with van der Waals surface area (Å²) in [7, 11) is -3.48. The van der Waals surface area contributed by atoms with Crippen LogP contribution in [-0.4, -0.2) is 39.2 Å². The van der Waals surface area contributed by atoms with E-state index in [1.807, 2.05) is 0 Å². The first kappa shape index (κ1) is 20.7. The van der Waals surface area contributed by atoms with Crippen LogP contribution in [0.15, 0.2) is 23.1 Å². The van der Waals surface area contributed by atoms with Gasteiger partial charge in [-0.2, -0.15) is 0 Å². The highest BCUT2D eigenvalue weighted by Crippen LogP contribution is 2.29. The molecule has 0 saturated heterocycles. The molecule has 0 unspecified atom stereocenters. The molecule has 1 fully saturated rings. The lowest BCUT2D eigenvalue weighted by Crippen LogP contribution is -2.45. The van der Waals surface area contributed by atoms with Crippen molar-refractivity contribution < 1.29 is 22.7 Å². The molecule has 0 aromatic heterocycles. The maximum atomic E-state index is 12.2. The molecule has 0 spiro atoms. The number of carbonyl (C=O) groups is 2. The number of benzene rings is 1. The number of amides is 1. The van der Waals surface area contributed by atoms with Gasteiger partial charge >= 0.3 is 5.97 Å². The van der Waals surface area contributed by atoms with E-state index in [-0.39, 0.29) is 27.4 Å². The Morgan fingerprint density at radius 2 is 1.96 bits per heavy atom. The SMILES string of the molecule is C[C@H]1[C@@H](NC(=O)COC(=O)c2cc(S(C)(=O)=O)ccc2Cl)CCC[C@@H]1C. The van der Waals surface area contributed by atoms with Gasteiger partial charge in [-0.15, -0.1) is 0 Å². The van der Waals surface area contributed by atoms with Crippen LogP contribution in [0.1, 0.15) is 43.5 Å². The largest absolute Gasteiger partial charge is 0.452 e. The van der Waals surface area contributed by atoms with E-state index < -0.39 is 22.4 Å². The first-order valence-corrected chi connectivity index (χ1v) is 10.8. The van der Waals surface area contributed by atoms with Crippen LogP contribution in [-0.2, 0) is 19.4 Å². The van der Waals surface area contributed by atoms with Gasteiger partial charge < -0.3 is 10.1 Å². The second kappa shape index (κ2) is 8.39. The average molecular weight is 402 g/mol. The monoisotopic (exact) mass is 401 g/mol. The standard InChI is InChI=1S/C18H24ClNO5S/c1-11-5-4-6-16(12(11)2)20-17(21)10-25-18(22)14-9-13(26(3,23)24)7-8-15(14)19/h7-9,11-12,16H,4-6,10H2,1-3H3,(H,20,21)/t11-,12+,16-/m0/s1. The smallest absolute Gasteiger partial charge is 0.340 e.